The summed E-state index contributed by atoms with van der Waals surface area (Å²) in [5, 5.41) is 12.5. The van der Waals surface area contributed by atoms with Crippen LogP contribution in [0.3, 0.4) is 0 Å². The van der Waals surface area contributed by atoms with E-state index in [4.69, 9.17) is 9.47 Å². The molecule has 0 unspecified atom stereocenters. The molecule has 6 heteroatoms. The van der Waals surface area contributed by atoms with Gasteiger partial charge in [0.15, 0.2) is 6.10 Å². The first-order chi connectivity index (χ1) is 12.4. The normalized spacial score (nSPS) is 11.5. The van der Waals surface area contributed by atoms with Crippen molar-refractivity contribution < 1.29 is 24.2 Å². The molecule has 138 valence electrons. The fourth-order valence-corrected chi connectivity index (χ4v) is 2.36. The molecule has 2 rings (SSSR count). The van der Waals surface area contributed by atoms with Crippen LogP contribution < -0.4 is 10.1 Å². The molecule has 0 aromatic heterocycles. The first-order valence-electron chi connectivity index (χ1n) is 8.32. The number of rotatable bonds is 7. The molecule has 26 heavy (non-hydrogen) atoms. The number of methoxy groups -OCH3 is 1. The van der Waals surface area contributed by atoms with Crippen LogP contribution in [0.1, 0.15) is 28.4 Å². The molecule has 0 saturated carbocycles. The average Bonchev–Trinajstić information content (AvgIpc) is 2.64. The van der Waals surface area contributed by atoms with E-state index in [9.17, 15) is 14.7 Å². The molecule has 2 N–H and O–H groups in total. The van der Waals surface area contributed by atoms with Crippen molar-refractivity contribution >= 4 is 11.9 Å². The second-order valence-electron chi connectivity index (χ2n) is 5.96. The lowest BCUT2D eigenvalue weighted by atomic mass is 10.1. The van der Waals surface area contributed by atoms with Gasteiger partial charge < -0.3 is 19.9 Å². The highest BCUT2D eigenvalue weighted by Gasteiger charge is 2.20. The number of esters is 1. The topological polar surface area (TPSA) is 84.9 Å². The summed E-state index contributed by atoms with van der Waals surface area (Å²) >= 11 is 0. The highest BCUT2D eigenvalue weighted by Crippen LogP contribution is 2.19. The molecule has 2 aromatic rings. The fourth-order valence-electron chi connectivity index (χ4n) is 2.36. The van der Waals surface area contributed by atoms with Crippen molar-refractivity contribution in [2.24, 2.45) is 0 Å². The fraction of sp³-hybridized carbons (Fsp3) is 0.300. The number of carbonyl (C=O) groups is 2. The maximum Gasteiger partial charge on any atom is 0.342 e. The van der Waals surface area contributed by atoms with Crippen LogP contribution in [0, 0.1) is 6.92 Å². The summed E-state index contributed by atoms with van der Waals surface area (Å²) in [6, 6.07) is 12.2. The maximum atomic E-state index is 12.1. The zero-order valence-electron chi connectivity index (χ0n) is 15.1. The molecule has 0 heterocycles. The third-order valence-electron chi connectivity index (χ3n) is 3.90. The van der Waals surface area contributed by atoms with Crippen molar-refractivity contribution in [3.05, 3.63) is 59.2 Å². The van der Waals surface area contributed by atoms with E-state index < -0.39 is 12.1 Å². The summed E-state index contributed by atoms with van der Waals surface area (Å²) in [6.45, 7) is 3.71. The van der Waals surface area contributed by atoms with E-state index in [2.05, 4.69) is 5.32 Å². The molecule has 0 aliphatic heterocycles. The second-order valence-corrected chi connectivity index (χ2v) is 5.96. The lowest BCUT2D eigenvalue weighted by Gasteiger charge is -2.14. The van der Waals surface area contributed by atoms with Crippen LogP contribution in [0.2, 0.25) is 0 Å². The van der Waals surface area contributed by atoms with Gasteiger partial charge >= 0.3 is 5.97 Å². The van der Waals surface area contributed by atoms with Gasteiger partial charge in [0.2, 0.25) is 0 Å². The lowest BCUT2D eigenvalue weighted by Crippen LogP contribution is -2.36. The number of phenolic OH excluding ortho intramolecular Hbond substituents is 1. The molecule has 6 nitrogen and oxygen atoms in total. The minimum atomic E-state index is -0.960. The summed E-state index contributed by atoms with van der Waals surface area (Å²) in [7, 11) is 1.61. The van der Waals surface area contributed by atoms with E-state index in [1.54, 1.807) is 20.1 Å². The Hall–Kier alpha value is -3.02. The predicted octanol–water partition coefficient (Wildman–Crippen LogP) is 2.61. The third-order valence-corrected chi connectivity index (χ3v) is 3.90. The van der Waals surface area contributed by atoms with Gasteiger partial charge in [-0.05, 0) is 50.1 Å². The van der Waals surface area contributed by atoms with Crippen molar-refractivity contribution in [2.75, 3.05) is 13.7 Å². The van der Waals surface area contributed by atoms with Gasteiger partial charge in [0, 0.05) is 6.54 Å². The molecule has 0 bridgehead atoms. The van der Waals surface area contributed by atoms with Crippen molar-refractivity contribution in [1.82, 2.24) is 5.32 Å². The Morgan fingerprint density at radius 3 is 2.50 bits per heavy atom. The average molecular weight is 357 g/mol. The summed E-state index contributed by atoms with van der Waals surface area (Å²) < 4.78 is 10.2. The number of ether oxygens (including phenoxy) is 2. The summed E-state index contributed by atoms with van der Waals surface area (Å²) in [4.78, 5) is 24.2. The molecule has 0 saturated heterocycles. The number of benzene rings is 2. The van der Waals surface area contributed by atoms with Crippen molar-refractivity contribution in [2.45, 2.75) is 26.4 Å². The highest BCUT2D eigenvalue weighted by atomic mass is 16.5. The predicted molar refractivity (Wildman–Crippen MR) is 97.4 cm³/mol. The standard InChI is InChI=1S/C20H23NO5/c1-13-4-9-18(22)17(12-13)20(24)26-14(2)19(23)21-11-10-15-5-7-16(25-3)8-6-15/h4-9,12,14,22H,10-11H2,1-3H3,(H,21,23)/t14-/m1/s1. The number of hydrogen-bond acceptors (Lipinski definition) is 5. The van der Waals surface area contributed by atoms with Crippen molar-refractivity contribution in [3.63, 3.8) is 0 Å². The highest BCUT2D eigenvalue weighted by molar-refractivity contribution is 5.94. The number of carbonyl (C=O) groups excluding carboxylic acids is 2. The van der Waals surface area contributed by atoms with Gasteiger partial charge in [-0.2, -0.15) is 0 Å². The summed E-state index contributed by atoms with van der Waals surface area (Å²) in [5.41, 5.74) is 1.91. The molecule has 1 atom stereocenters. The Morgan fingerprint density at radius 1 is 1.15 bits per heavy atom. The second kappa shape index (κ2) is 8.89. The molecule has 0 fully saturated rings. The van der Waals surface area contributed by atoms with Gasteiger partial charge in [0.1, 0.15) is 17.1 Å². The number of amides is 1. The van der Waals surface area contributed by atoms with E-state index in [0.717, 1.165) is 16.9 Å². The minimum absolute atomic E-state index is 0.0443. The zero-order valence-corrected chi connectivity index (χ0v) is 15.1. The van der Waals surface area contributed by atoms with Gasteiger partial charge in [0.25, 0.3) is 5.91 Å². The largest absolute Gasteiger partial charge is 0.507 e. The first-order valence-corrected chi connectivity index (χ1v) is 8.32. The van der Waals surface area contributed by atoms with Crippen LogP contribution >= 0.6 is 0 Å². The van der Waals surface area contributed by atoms with Crippen LogP contribution in [0.5, 0.6) is 11.5 Å². The monoisotopic (exact) mass is 357 g/mol. The smallest absolute Gasteiger partial charge is 0.342 e. The maximum absolute atomic E-state index is 12.1. The summed E-state index contributed by atoms with van der Waals surface area (Å²) in [5.74, 6) is -0.520. The van der Waals surface area contributed by atoms with E-state index in [1.165, 1.54) is 19.1 Å². The molecule has 0 aliphatic carbocycles. The van der Waals surface area contributed by atoms with Crippen molar-refractivity contribution in [3.8, 4) is 11.5 Å². The Morgan fingerprint density at radius 2 is 1.85 bits per heavy atom. The minimum Gasteiger partial charge on any atom is -0.507 e. The molecular weight excluding hydrogens is 334 g/mol. The van der Waals surface area contributed by atoms with E-state index in [0.29, 0.717) is 13.0 Å². The molecule has 2 aromatic carbocycles. The third kappa shape index (κ3) is 5.24. The zero-order chi connectivity index (χ0) is 19.1. The van der Waals surface area contributed by atoms with Crippen LogP contribution in [-0.4, -0.2) is 36.7 Å². The molecule has 1 amide bonds. The van der Waals surface area contributed by atoms with Gasteiger partial charge in [-0.3, -0.25) is 4.79 Å². The lowest BCUT2D eigenvalue weighted by molar-refractivity contribution is -0.129. The van der Waals surface area contributed by atoms with Gasteiger partial charge in [-0.1, -0.05) is 23.8 Å². The van der Waals surface area contributed by atoms with Gasteiger partial charge in [-0.25, -0.2) is 4.79 Å². The Bertz CT molecular complexity index is 770. The van der Waals surface area contributed by atoms with Crippen LogP contribution in [-0.2, 0) is 16.0 Å². The van der Waals surface area contributed by atoms with E-state index >= 15 is 0 Å². The Labute approximate surface area is 152 Å². The molecular formula is C20H23NO5. The van der Waals surface area contributed by atoms with Gasteiger partial charge in [-0.15, -0.1) is 0 Å². The van der Waals surface area contributed by atoms with E-state index in [1.807, 2.05) is 24.3 Å². The summed E-state index contributed by atoms with van der Waals surface area (Å²) in [6.07, 6.45) is -0.312. The van der Waals surface area contributed by atoms with Gasteiger partial charge in [0.05, 0.1) is 7.11 Å². The van der Waals surface area contributed by atoms with Crippen LogP contribution in [0.4, 0.5) is 0 Å². The van der Waals surface area contributed by atoms with Crippen LogP contribution in [0.15, 0.2) is 42.5 Å². The molecule has 0 radical (unpaired) electrons. The van der Waals surface area contributed by atoms with Crippen LogP contribution in [0.25, 0.3) is 0 Å². The quantitative estimate of drug-likeness (QED) is 0.744. The number of aryl methyl sites for hydroxylation is 1. The first kappa shape index (κ1) is 19.3. The number of aromatic hydroxyl groups is 1. The molecule has 0 aliphatic rings. The Kier molecular flexibility index (Phi) is 6.60. The Balaban J connectivity index is 1.83. The number of nitrogens with one attached hydrogen (secondary N) is 1. The molecule has 0 spiro atoms. The van der Waals surface area contributed by atoms with Crippen molar-refractivity contribution in [1.29, 1.82) is 0 Å². The number of phenols is 1. The van der Waals surface area contributed by atoms with E-state index in [-0.39, 0.29) is 17.2 Å². The SMILES string of the molecule is COc1ccc(CCNC(=O)[C@@H](C)OC(=O)c2cc(C)ccc2O)cc1. The number of hydrogen-bond donors (Lipinski definition) is 2.